The summed E-state index contributed by atoms with van der Waals surface area (Å²) in [5.41, 5.74) is 9.47. The van der Waals surface area contributed by atoms with Crippen LogP contribution in [0.25, 0.3) is 90.6 Å². The number of aromatic nitrogens is 6. The van der Waals surface area contributed by atoms with Crippen LogP contribution in [0, 0.1) is 0 Å². The summed E-state index contributed by atoms with van der Waals surface area (Å²) in [5.74, 6) is 3.61. The molecule has 0 radical (unpaired) electrons. The van der Waals surface area contributed by atoms with E-state index in [-0.39, 0.29) is 0 Å². The Morgan fingerprint density at radius 3 is 0.889 bits per heavy atom. The van der Waals surface area contributed by atoms with Gasteiger partial charge in [0.2, 0.25) is 0 Å². The zero-order valence-electron chi connectivity index (χ0n) is 29.2. The van der Waals surface area contributed by atoms with Crippen LogP contribution < -0.4 is 0 Å². The van der Waals surface area contributed by atoms with E-state index in [1.807, 2.05) is 140 Å². The number of hydrogen-bond donors (Lipinski definition) is 0. The van der Waals surface area contributed by atoms with E-state index in [2.05, 4.69) is 54.6 Å². The van der Waals surface area contributed by atoms with Crippen molar-refractivity contribution in [3.8, 4) is 90.6 Å². The molecule has 9 rings (SSSR count). The topological polar surface area (TPSA) is 77.3 Å². The van der Waals surface area contributed by atoms with Crippen LogP contribution >= 0.6 is 0 Å². The van der Waals surface area contributed by atoms with Crippen molar-refractivity contribution in [2.24, 2.45) is 0 Å². The highest BCUT2D eigenvalue weighted by molar-refractivity contribution is 5.89. The van der Waals surface area contributed by atoms with E-state index >= 15 is 0 Å². The van der Waals surface area contributed by atoms with Gasteiger partial charge in [-0.15, -0.1) is 0 Å². The van der Waals surface area contributed by atoms with Gasteiger partial charge in [-0.1, -0.05) is 188 Å². The van der Waals surface area contributed by atoms with Gasteiger partial charge in [-0.05, 0) is 28.3 Å². The predicted octanol–water partition coefficient (Wildman–Crippen LogP) is 11.4. The summed E-state index contributed by atoms with van der Waals surface area (Å²) in [7, 11) is 0. The van der Waals surface area contributed by atoms with Crippen LogP contribution in [0.2, 0.25) is 0 Å². The minimum Gasteiger partial charge on any atom is -0.208 e. The van der Waals surface area contributed by atoms with Gasteiger partial charge in [0.15, 0.2) is 34.9 Å². The highest BCUT2D eigenvalue weighted by atomic mass is 15.0. The van der Waals surface area contributed by atoms with Gasteiger partial charge in [-0.25, -0.2) is 29.9 Å². The number of benzene rings is 7. The maximum absolute atomic E-state index is 5.14. The van der Waals surface area contributed by atoms with Gasteiger partial charge in [-0.2, -0.15) is 0 Å². The molecule has 0 saturated carbocycles. The first-order chi connectivity index (χ1) is 26.8. The van der Waals surface area contributed by atoms with E-state index in [4.69, 9.17) is 29.9 Å². The zero-order chi connectivity index (χ0) is 36.1. The normalized spacial score (nSPS) is 11.0. The van der Waals surface area contributed by atoms with E-state index in [0.29, 0.717) is 34.9 Å². The molecule has 6 nitrogen and oxygen atoms in total. The molecule has 0 atom stereocenters. The molecule has 0 bridgehead atoms. The zero-order valence-corrected chi connectivity index (χ0v) is 29.2. The van der Waals surface area contributed by atoms with E-state index in [9.17, 15) is 0 Å². The molecule has 9 aromatic rings. The van der Waals surface area contributed by atoms with Crippen LogP contribution in [0.3, 0.4) is 0 Å². The van der Waals surface area contributed by atoms with E-state index < -0.39 is 0 Å². The minimum absolute atomic E-state index is 0.582. The average molecular weight is 693 g/mol. The Bertz CT molecular complexity index is 2570. The maximum Gasteiger partial charge on any atom is 0.164 e. The van der Waals surface area contributed by atoms with Gasteiger partial charge in [0.1, 0.15) is 0 Å². The van der Waals surface area contributed by atoms with Crippen LogP contribution in [0.5, 0.6) is 0 Å². The summed E-state index contributed by atoms with van der Waals surface area (Å²) in [6.45, 7) is 0. The van der Waals surface area contributed by atoms with Crippen molar-refractivity contribution in [1.29, 1.82) is 0 Å². The fraction of sp³-hybridized carbons (Fsp3) is 0. The quantitative estimate of drug-likeness (QED) is 0.158. The molecule has 2 heterocycles. The van der Waals surface area contributed by atoms with Gasteiger partial charge in [0.05, 0.1) is 0 Å². The number of nitrogens with zero attached hydrogens (tertiary/aromatic N) is 6. The molecule has 6 heteroatoms. The van der Waals surface area contributed by atoms with Crippen molar-refractivity contribution in [2.45, 2.75) is 0 Å². The monoisotopic (exact) mass is 692 g/mol. The lowest BCUT2D eigenvalue weighted by atomic mass is 9.92. The average Bonchev–Trinajstić information content (AvgIpc) is 3.27. The van der Waals surface area contributed by atoms with E-state index in [1.165, 1.54) is 0 Å². The van der Waals surface area contributed by atoms with Crippen LogP contribution in [0.4, 0.5) is 0 Å². The number of rotatable bonds is 8. The Balaban J connectivity index is 1.25. The minimum atomic E-state index is 0.582. The maximum atomic E-state index is 5.14. The Morgan fingerprint density at radius 2 is 0.481 bits per heavy atom. The van der Waals surface area contributed by atoms with Crippen molar-refractivity contribution in [1.82, 2.24) is 29.9 Å². The van der Waals surface area contributed by atoms with E-state index in [0.717, 1.165) is 55.6 Å². The molecule has 0 spiro atoms. The third-order valence-corrected chi connectivity index (χ3v) is 9.22. The van der Waals surface area contributed by atoms with Gasteiger partial charge in [0, 0.05) is 33.4 Å². The lowest BCUT2D eigenvalue weighted by molar-refractivity contribution is 1.07. The summed E-state index contributed by atoms with van der Waals surface area (Å²) < 4.78 is 0. The molecule has 7 aromatic carbocycles. The number of hydrogen-bond acceptors (Lipinski definition) is 6. The second-order valence-corrected chi connectivity index (χ2v) is 12.7. The molecular formula is C48H32N6. The molecule has 0 fully saturated rings. The summed E-state index contributed by atoms with van der Waals surface area (Å²) in [6, 6.07) is 65.3. The third kappa shape index (κ3) is 6.67. The molecule has 0 saturated heterocycles. The first-order valence-corrected chi connectivity index (χ1v) is 17.8. The van der Waals surface area contributed by atoms with E-state index in [1.54, 1.807) is 0 Å². The van der Waals surface area contributed by atoms with Crippen molar-refractivity contribution in [2.75, 3.05) is 0 Å². The second kappa shape index (κ2) is 14.7. The molecule has 0 aliphatic heterocycles. The van der Waals surface area contributed by atoms with Crippen molar-refractivity contribution in [3.05, 3.63) is 194 Å². The molecule has 0 unspecified atom stereocenters. The first-order valence-electron chi connectivity index (χ1n) is 17.8. The predicted molar refractivity (Wildman–Crippen MR) is 217 cm³/mol. The molecular weight excluding hydrogens is 661 g/mol. The molecule has 0 aliphatic carbocycles. The van der Waals surface area contributed by atoms with Crippen molar-refractivity contribution >= 4 is 0 Å². The fourth-order valence-corrected chi connectivity index (χ4v) is 6.55. The van der Waals surface area contributed by atoms with Gasteiger partial charge in [-0.3, -0.25) is 0 Å². The smallest absolute Gasteiger partial charge is 0.164 e. The molecule has 0 amide bonds. The third-order valence-electron chi connectivity index (χ3n) is 9.22. The molecule has 254 valence electrons. The SMILES string of the molecule is c1ccc(-c2nc(-c3ccccc3)nc(-c3ccccc3-c3ccc(-c4ccccc4)c(-c4nc(-c5ccccc5)nc(-c5ccccc5)n4)c3)n2)cc1. The highest BCUT2D eigenvalue weighted by Crippen LogP contribution is 2.39. The summed E-state index contributed by atoms with van der Waals surface area (Å²) in [6.07, 6.45) is 0. The Hall–Kier alpha value is -7.44. The largest absolute Gasteiger partial charge is 0.208 e. The summed E-state index contributed by atoms with van der Waals surface area (Å²) in [4.78, 5) is 30.3. The van der Waals surface area contributed by atoms with Crippen LogP contribution in [0.15, 0.2) is 194 Å². The lowest BCUT2D eigenvalue weighted by Gasteiger charge is -2.16. The Labute approximate surface area is 313 Å². The molecule has 0 aliphatic rings. The molecule has 0 N–H and O–H groups in total. The van der Waals surface area contributed by atoms with Crippen LogP contribution in [-0.2, 0) is 0 Å². The fourth-order valence-electron chi connectivity index (χ4n) is 6.55. The standard InChI is InChI=1S/C48H32N6/c1-6-18-33(19-7-1)40-31-30-38(32-42(40)48-53-45(36-24-12-4-13-25-36)50-46(54-48)37-26-14-5-15-27-37)39-28-16-17-29-41(39)47-51-43(34-20-8-2-9-21-34)49-44(52-47)35-22-10-3-11-23-35/h1-32H. The highest BCUT2D eigenvalue weighted by Gasteiger charge is 2.20. The lowest BCUT2D eigenvalue weighted by Crippen LogP contribution is -2.02. The summed E-state index contributed by atoms with van der Waals surface area (Å²) in [5, 5.41) is 0. The Morgan fingerprint density at radius 1 is 0.185 bits per heavy atom. The van der Waals surface area contributed by atoms with Crippen molar-refractivity contribution in [3.63, 3.8) is 0 Å². The van der Waals surface area contributed by atoms with Gasteiger partial charge >= 0.3 is 0 Å². The summed E-state index contributed by atoms with van der Waals surface area (Å²) >= 11 is 0. The van der Waals surface area contributed by atoms with Crippen molar-refractivity contribution < 1.29 is 0 Å². The van der Waals surface area contributed by atoms with Crippen LogP contribution in [0.1, 0.15) is 0 Å². The second-order valence-electron chi connectivity index (χ2n) is 12.7. The van der Waals surface area contributed by atoms with Gasteiger partial charge < -0.3 is 0 Å². The molecule has 54 heavy (non-hydrogen) atoms. The Kier molecular flexibility index (Phi) is 8.81. The first kappa shape index (κ1) is 32.5. The van der Waals surface area contributed by atoms with Gasteiger partial charge in [0.25, 0.3) is 0 Å². The van der Waals surface area contributed by atoms with Crippen LogP contribution in [-0.4, -0.2) is 29.9 Å². The molecule has 2 aromatic heterocycles.